The van der Waals surface area contributed by atoms with Gasteiger partial charge in [-0.05, 0) is 48.4 Å². The highest BCUT2D eigenvalue weighted by Crippen LogP contribution is 2.27. The van der Waals surface area contributed by atoms with Crippen LogP contribution in [0.1, 0.15) is 33.4 Å². The Morgan fingerprint density at radius 2 is 2.07 bits per heavy atom. The molecule has 1 N–H and O–H groups in total. The highest BCUT2D eigenvalue weighted by atomic mass is 79.9. The lowest BCUT2D eigenvalue weighted by atomic mass is 10.1. The molecule has 0 bridgehead atoms. The quantitative estimate of drug-likeness (QED) is 0.681. The van der Waals surface area contributed by atoms with Crippen molar-refractivity contribution in [3.05, 3.63) is 75.3 Å². The first-order chi connectivity index (χ1) is 13.0. The van der Waals surface area contributed by atoms with E-state index in [1.807, 2.05) is 25.1 Å². The van der Waals surface area contributed by atoms with E-state index in [1.165, 1.54) is 12.1 Å². The zero-order valence-electron chi connectivity index (χ0n) is 14.4. The molecular formula is C19H16BrFN4O2. The van der Waals surface area contributed by atoms with Crippen LogP contribution in [0.4, 0.5) is 10.1 Å². The molecule has 3 aromatic rings. The lowest BCUT2D eigenvalue weighted by molar-refractivity contribution is -0.00174. The summed E-state index contributed by atoms with van der Waals surface area (Å²) in [6, 6.07) is 11.8. The lowest BCUT2D eigenvalue weighted by Crippen LogP contribution is -2.24. The van der Waals surface area contributed by atoms with E-state index >= 15 is 0 Å². The maximum atomic E-state index is 13.1. The third kappa shape index (κ3) is 3.63. The first kappa shape index (κ1) is 17.8. The molecule has 0 radical (unpaired) electrons. The normalized spacial score (nSPS) is 16.0. The van der Waals surface area contributed by atoms with Gasteiger partial charge >= 0.3 is 0 Å². The second kappa shape index (κ2) is 7.21. The lowest BCUT2D eigenvalue weighted by Gasteiger charge is -2.24. The van der Waals surface area contributed by atoms with Crippen molar-refractivity contribution in [3.8, 4) is 0 Å². The molecule has 4 rings (SSSR count). The van der Waals surface area contributed by atoms with E-state index < -0.39 is 0 Å². The average molecular weight is 431 g/mol. The molecule has 2 heterocycles. The third-order valence-electron chi connectivity index (χ3n) is 4.49. The van der Waals surface area contributed by atoms with Crippen LogP contribution in [0.15, 0.2) is 46.9 Å². The molecule has 8 heteroatoms. The molecule has 1 aromatic heterocycles. The van der Waals surface area contributed by atoms with Gasteiger partial charge in [0.05, 0.1) is 18.8 Å². The number of amides is 1. The second-order valence-electron chi connectivity index (χ2n) is 6.33. The number of anilines is 1. The summed E-state index contributed by atoms with van der Waals surface area (Å²) in [5, 5.41) is 11.0. The topological polar surface area (TPSA) is 69.0 Å². The van der Waals surface area contributed by atoms with Crippen molar-refractivity contribution in [2.45, 2.75) is 26.2 Å². The zero-order chi connectivity index (χ0) is 19.0. The SMILES string of the molecule is Cc1cc(Br)ccc1NC(=O)c1nnn2c1CO[C@H](c1ccc(F)cc1)C2. The van der Waals surface area contributed by atoms with Gasteiger partial charge in [-0.1, -0.05) is 33.3 Å². The molecule has 0 spiro atoms. The smallest absolute Gasteiger partial charge is 0.278 e. The van der Waals surface area contributed by atoms with Crippen LogP contribution in [-0.2, 0) is 17.9 Å². The fraction of sp³-hybridized carbons (Fsp3) is 0.211. The largest absolute Gasteiger partial charge is 0.365 e. The summed E-state index contributed by atoms with van der Waals surface area (Å²) in [5.41, 5.74) is 3.38. The number of fused-ring (bicyclic) bond motifs is 1. The number of hydrogen-bond donors (Lipinski definition) is 1. The number of carbonyl (C=O) groups excluding carboxylic acids is 1. The minimum Gasteiger partial charge on any atom is -0.365 e. The molecule has 2 aromatic carbocycles. The van der Waals surface area contributed by atoms with Gasteiger partial charge in [0, 0.05) is 10.2 Å². The standard InChI is InChI=1S/C19H16BrFN4O2/c1-11-8-13(20)4-7-15(11)22-19(26)18-16-10-27-17(9-25(16)24-23-18)12-2-5-14(21)6-3-12/h2-8,17H,9-10H2,1H3,(H,22,26)/t17-/m0/s1. The first-order valence-electron chi connectivity index (χ1n) is 8.38. The summed E-state index contributed by atoms with van der Waals surface area (Å²) >= 11 is 3.40. The van der Waals surface area contributed by atoms with Crippen molar-refractivity contribution in [1.82, 2.24) is 15.0 Å². The van der Waals surface area contributed by atoms with Crippen molar-refractivity contribution in [1.29, 1.82) is 0 Å². The van der Waals surface area contributed by atoms with Crippen LogP contribution in [0.2, 0.25) is 0 Å². The Labute approximate surface area is 163 Å². The van der Waals surface area contributed by atoms with Gasteiger partial charge in [0.2, 0.25) is 0 Å². The number of rotatable bonds is 3. The number of aromatic nitrogens is 3. The summed E-state index contributed by atoms with van der Waals surface area (Å²) in [4.78, 5) is 12.6. The predicted octanol–water partition coefficient (Wildman–Crippen LogP) is 4.01. The molecule has 0 aliphatic carbocycles. The van der Waals surface area contributed by atoms with Crippen LogP contribution in [0.5, 0.6) is 0 Å². The second-order valence-corrected chi connectivity index (χ2v) is 7.25. The van der Waals surface area contributed by atoms with E-state index in [1.54, 1.807) is 16.8 Å². The molecule has 0 unspecified atom stereocenters. The van der Waals surface area contributed by atoms with Crippen molar-refractivity contribution >= 4 is 27.5 Å². The summed E-state index contributed by atoms with van der Waals surface area (Å²) < 4.78 is 21.6. The number of hydrogen-bond acceptors (Lipinski definition) is 4. The molecule has 1 atom stereocenters. The van der Waals surface area contributed by atoms with E-state index in [-0.39, 0.29) is 30.1 Å². The van der Waals surface area contributed by atoms with Crippen molar-refractivity contribution in [2.24, 2.45) is 0 Å². The van der Waals surface area contributed by atoms with Gasteiger partial charge in [0.15, 0.2) is 5.69 Å². The van der Waals surface area contributed by atoms with E-state index in [4.69, 9.17) is 4.74 Å². The van der Waals surface area contributed by atoms with Crippen LogP contribution >= 0.6 is 15.9 Å². The third-order valence-corrected chi connectivity index (χ3v) is 4.98. The maximum absolute atomic E-state index is 13.1. The number of nitrogens with zero attached hydrogens (tertiary/aromatic N) is 3. The van der Waals surface area contributed by atoms with E-state index in [0.29, 0.717) is 17.9 Å². The molecule has 27 heavy (non-hydrogen) atoms. The van der Waals surface area contributed by atoms with Crippen LogP contribution in [0, 0.1) is 12.7 Å². The molecule has 6 nitrogen and oxygen atoms in total. The number of carbonyl (C=O) groups is 1. The van der Waals surface area contributed by atoms with Crippen LogP contribution in [0.25, 0.3) is 0 Å². The molecule has 1 aliphatic rings. The molecular weight excluding hydrogens is 415 g/mol. The zero-order valence-corrected chi connectivity index (χ0v) is 16.0. The Kier molecular flexibility index (Phi) is 4.75. The van der Waals surface area contributed by atoms with Gasteiger partial charge in [-0.3, -0.25) is 4.79 Å². The number of nitrogens with one attached hydrogen (secondary N) is 1. The van der Waals surface area contributed by atoms with E-state index in [9.17, 15) is 9.18 Å². The minimum atomic E-state index is -0.328. The summed E-state index contributed by atoms with van der Waals surface area (Å²) in [6.07, 6.45) is -0.260. The van der Waals surface area contributed by atoms with Gasteiger partial charge in [0.1, 0.15) is 11.9 Å². The molecule has 0 fully saturated rings. The van der Waals surface area contributed by atoms with Gasteiger partial charge < -0.3 is 10.1 Å². The Morgan fingerprint density at radius 3 is 2.81 bits per heavy atom. The fourth-order valence-electron chi connectivity index (χ4n) is 3.02. The van der Waals surface area contributed by atoms with Crippen LogP contribution in [0.3, 0.4) is 0 Å². The Bertz CT molecular complexity index is 1000. The fourth-order valence-corrected chi connectivity index (χ4v) is 3.49. The van der Waals surface area contributed by atoms with Gasteiger partial charge in [-0.15, -0.1) is 5.10 Å². The van der Waals surface area contributed by atoms with E-state index in [0.717, 1.165) is 15.6 Å². The Hall–Kier alpha value is -2.58. The van der Waals surface area contributed by atoms with Gasteiger partial charge in [-0.25, -0.2) is 9.07 Å². The summed E-state index contributed by atoms with van der Waals surface area (Å²) in [6.45, 7) is 2.54. The van der Waals surface area contributed by atoms with E-state index in [2.05, 4.69) is 31.6 Å². The van der Waals surface area contributed by atoms with Crippen LogP contribution in [-0.4, -0.2) is 20.9 Å². The number of ether oxygens (including phenoxy) is 1. The maximum Gasteiger partial charge on any atom is 0.278 e. The first-order valence-corrected chi connectivity index (χ1v) is 9.17. The van der Waals surface area contributed by atoms with Crippen molar-refractivity contribution in [3.63, 3.8) is 0 Å². The molecule has 0 saturated carbocycles. The van der Waals surface area contributed by atoms with Gasteiger partial charge in [0.25, 0.3) is 5.91 Å². The monoisotopic (exact) mass is 430 g/mol. The van der Waals surface area contributed by atoms with Crippen molar-refractivity contribution in [2.75, 3.05) is 5.32 Å². The molecule has 1 aliphatic heterocycles. The number of benzene rings is 2. The number of aryl methyl sites for hydroxylation is 1. The summed E-state index contributed by atoms with van der Waals surface area (Å²) in [7, 11) is 0. The number of halogens is 2. The highest BCUT2D eigenvalue weighted by molar-refractivity contribution is 9.10. The molecule has 138 valence electrons. The highest BCUT2D eigenvalue weighted by Gasteiger charge is 2.28. The predicted molar refractivity (Wildman–Crippen MR) is 101 cm³/mol. The van der Waals surface area contributed by atoms with Crippen LogP contribution < -0.4 is 5.32 Å². The summed E-state index contributed by atoms with van der Waals surface area (Å²) in [5.74, 6) is -0.622. The molecule has 1 amide bonds. The molecule has 0 saturated heterocycles. The Morgan fingerprint density at radius 1 is 1.30 bits per heavy atom. The average Bonchev–Trinajstić information content (AvgIpc) is 3.08. The Balaban J connectivity index is 1.52. The minimum absolute atomic E-state index is 0.205. The van der Waals surface area contributed by atoms with Crippen molar-refractivity contribution < 1.29 is 13.9 Å². The van der Waals surface area contributed by atoms with Gasteiger partial charge in [-0.2, -0.15) is 0 Å².